The van der Waals surface area contributed by atoms with Crippen molar-refractivity contribution in [2.45, 2.75) is 46.1 Å². The number of hydrogen-bond acceptors (Lipinski definition) is 2. The first kappa shape index (κ1) is 12.8. The molecule has 0 atom stereocenters. The van der Waals surface area contributed by atoms with Gasteiger partial charge in [-0.3, -0.25) is 4.90 Å². The van der Waals surface area contributed by atoms with E-state index < -0.39 is 0 Å². The average Bonchev–Trinajstić information content (AvgIpc) is 2.05. The van der Waals surface area contributed by atoms with Gasteiger partial charge in [-0.1, -0.05) is 33.0 Å². The topological polar surface area (TPSA) is 29.3 Å². The van der Waals surface area contributed by atoms with Gasteiger partial charge < -0.3 is 5.73 Å². The van der Waals surface area contributed by atoms with Crippen molar-refractivity contribution in [2.75, 3.05) is 13.1 Å². The first-order valence-corrected chi connectivity index (χ1v) is 5.58. The molecule has 0 aliphatic rings. The molecule has 0 amide bonds. The molecule has 0 aromatic rings. The van der Waals surface area contributed by atoms with E-state index in [1.165, 1.54) is 19.3 Å². The van der Waals surface area contributed by atoms with Crippen LogP contribution < -0.4 is 5.73 Å². The highest BCUT2D eigenvalue weighted by Crippen LogP contribution is 2.08. The predicted molar refractivity (Wildman–Crippen MR) is 63.0 cm³/mol. The molecule has 13 heavy (non-hydrogen) atoms. The van der Waals surface area contributed by atoms with Gasteiger partial charge in [0.1, 0.15) is 0 Å². The highest BCUT2D eigenvalue weighted by molar-refractivity contribution is 7.80. The number of hydrogen-bond donors (Lipinski definition) is 1. The molecule has 0 unspecified atom stereocenters. The van der Waals surface area contributed by atoms with Crippen molar-refractivity contribution in [3.05, 3.63) is 0 Å². The summed E-state index contributed by atoms with van der Waals surface area (Å²) in [7, 11) is 0. The Hall–Kier alpha value is -0.150. The van der Waals surface area contributed by atoms with Crippen LogP contribution >= 0.6 is 12.2 Å². The molecule has 78 valence electrons. The van der Waals surface area contributed by atoms with E-state index in [1.807, 2.05) is 0 Å². The molecular weight excluding hydrogens is 180 g/mol. The Morgan fingerprint density at radius 2 is 1.85 bits per heavy atom. The highest BCUT2D eigenvalue weighted by atomic mass is 32.1. The smallest absolute Gasteiger partial charge is 0.0870 e. The highest BCUT2D eigenvalue weighted by Gasteiger charge is 2.14. The Bertz CT molecular complexity index is 144. The molecule has 0 spiro atoms. The van der Waals surface area contributed by atoms with Gasteiger partial charge in [0.15, 0.2) is 0 Å². The molecule has 2 nitrogen and oxygen atoms in total. The van der Waals surface area contributed by atoms with Crippen LogP contribution in [-0.2, 0) is 0 Å². The fraction of sp³-hybridized carbons (Fsp3) is 0.900. The van der Waals surface area contributed by atoms with Crippen LogP contribution in [0.25, 0.3) is 0 Å². The van der Waals surface area contributed by atoms with Crippen LogP contribution in [0.15, 0.2) is 0 Å². The van der Waals surface area contributed by atoms with E-state index in [0.717, 1.165) is 13.1 Å². The molecule has 3 heteroatoms. The van der Waals surface area contributed by atoms with Crippen LogP contribution in [0.2, 0.25) is 0 Å². The summed E-state index contributed by atoms with van der Waals surface area (Å²) in [6.07, 6.45) is 3.53. The standard InChI is InChI=1S/C10H22N2S/c1-4-7-12(8-10(11)13)9(5-2)6-3/h9H,4-8H2,1-3H3,(H2,11,13). The Kier molecular flexibility index (Phi) is 7.19. The van der Waals surface area contributed by atoms with Gasteiger partial charge in [-0.15, -0.1) is 0 Å². The maximum atomic E-state index is 5.56. The summed E-state index contributed by atoms with van der Waals surface area (Å²) in [5, 5.41) is 0. The van der Waals surface area contributed by atoms with Crippen molar-refractivity contribution in [1.82, 2.24) is 4.90 Å². The Morgan fingerprint density at radius 1 is 1.31 bits per heavy atom. The van der Waals surface area contributed by atoms with E-state index in [2.05, 4.69) is 25.7 Å². The fourth-order valence-corrected chi connectivity index (χ4v) is 1.85. The molecule has 0 aliphatic carbocycles. The maximum Gasteiger partial charge on any atom is 0.0870 e. The van der Waals surface area contributed by atoms with E-state index in [1.54, 1.807) is 0 Å². The van der Waals surface area contributed by atoms with Gasteiger partial charge in [0, 0.05) is 12.6 Å². The largest absolute Gasteiger partial charge is 0.392 e. The summed E-state index contributed by atoms with van der Waals surface area (Å²) >= 11 is 4.94. The van der Waals surface area contributed by atoms with Crippen LogP contribution in [0.3, 0.4) is 0 Å². The summed E-state index contributed by atoms with van der Waals surface area (Å²) in [4.78, 5) is 3.00. The third kappa shape index (κ3) is 5.21. The molecule has 0 rings (SSSR count). The van der Waals surface area contributed by atoms with Crippen molar-refractivity contribution in [1.29, 1.82) is 0 Å². The van der Waals surface area contributed by atoms with E-state index in [-0.39, 0.29) is 0 Å². The summed E-state index contributed by atoms with van der Waals surface area (Å²) in [5.74, 6) is 0. The van der Waals surface area contributed by atoms with Gasteiger partial charge in [-0.05, 0) is 25.8 Å². The van der Waals surface area contributed by atoms with Crippen molar-refractivity contribution < 1.29 is 0 Å². The Labute approximate surface area is 87.5 Å². The summed E-state index contributed by atoms with van der Waals surface area (Å²) in [6.45, 7) is 8.50. The van der Waals surface area contributed by atoms with Crippen molar-refractivity contribution in [2.24, 2.45) is 5.73 Å². The lowest BCUT2D eigenvalue weighted by Gasteiger charge is -2.29. The van der Waals surface area contributed by atoms with E-state index >= 15 is 0 Å². The third-order valence-electron chi connectivity index (χ3n) is 2.33. The zero-order valence-electron chi connectivity index (χ0n) is 9.05. The second-order valence-corrected chi connectivity index (χ2v) is 3.93. The number of nitrogens with two attached hydrogens (primary N) is 1. The molecule has 2 N–H and O–H groups in total. The van der Waals surface area contributed by atoms with E-state index in [9.17, 15) is 0 Å². The monoisotopic (exact) mass is 202 g/mol. The Morgan fingerprint density at radius 3 is 2.15 bits per heavy atom. The molecule has 0 aromatic carbocycles. The molecule has 0 radical (unpaired) electrons. The molecule has 0 aliphatic heterocycles. The maximum absolute atomic E-state index is 5.56. The zero-order chi connectivity index (χ0) is 10.3. The summed E-state index contributed by atoms with van der Waals surface area (Å²) in [6, 6.07) is 0.640. The Balaban J connectivity index is 4.11. The minimum absolute atomic E-state index is 0.611. The summed E-state index contributed by atoms with van der Waals surface area (Å²) in [5.41, 5.74) is 5.56. The fourth-order valence-electron chi connectivity index (χ4n) is 1.68. The predicted octanol–water partition coefficient (Wildman–Crippen LogP) is 2.17. The van der Waals surface area contributed by atoms with Crippen molar-refractivity contribution in [3.63, 3.8) is 0 Å². The lowest BCUT2D eigenvalue weighted by molar-refractivity contribution is 0.213. The minimum Gasteiger partial charge on any atom is -0.392 e. The quantitative estimate of drug-likeness (QED) is 0.642. The van der Waals surface area contributed by atoms with Gasteiger partial charge in [0.05, 0.1) is 4.99 Å². The normalized spacial score (nSPS) is 11.2. The van der Waals surface area contributed by atoms with Gasteiger partial charge >= 0.3 is 0 Å². The lowest BCUT2D eigenvalue weighted by atomic mass is 10.1. The first-order valence-electron chi connectivity index (χ1n) is 5.17. The second kappa shape index (κ2) is 7.27. The van der Waals surface area contributed by atoms with Gasteiger partial charge in [-0.2, -0.15) is 0 Å². The summed E-state index contributed by atoms with van der Waals surface area (Å²) < 4.78 is 0. The average molecular weight is 202 g/mol. The molecule has 0 saturated carbocycles. The second-order valence-electron chi connectivity index (χ2n) is 3.41. The van der Waals surface area contributed by atoms with Crippen molar-refractivity contribution >= 4 is 17.2 Å². The molecule has 0 bridgehead atoms. The molecular formula is C10H22N2S. The zero-order valence-corrected chi connectivity index (χ0v) is 9.86. The van der Waals surface area contributed by atoms with Crippen molar-refractivity contribution in [3.8, 4) is 0 Å². The lowest BCUT2D eigenvalue weighted by Crippen LogP contribution is -2.40. The SMILES string of the molecule is CCCN(CC(N)=S)C(CC)CC. The van der Waals surface area contributed by atoms with Crippen LogP contribution in [0.1, 0.15) is 40.0 Å². The third-order valence-corrected chi connectivity index (χ3v) is 2.46. The molecule has 0 heterocycles. The minimum atomic E-state index is 0.611. The number of rotatable bonds is 7. The number of thiocarbonyl (C=S) groups is 1. The van der Waals surface area contributed by atoms with Crippen LogP contribution in [0, 0.1) is 0 Å². The van der Waals surface area contributed by atoms with E-state index in [4.69, 9.17) is 18.0 Å². The molecule has 0 fully saturated rings. The van der Waals surface area contributed by atoms with Gasteiger partial charge in [-0.25, -0.2) is 0 Å². The van der Waals surface area contributed by atoms with Crippen LogP contribution in [-0.4, -0.2) is 29.0 Å². The molecule has 0 saturated heterocycles. The van der Waals surface area contributed by atoms with E-state index in [0.29, 0.717) is 11.0 Å². The van der Waals surface area contributed by atoms with Gasteiger partial charge in [0.2, 0.25) is 0 Å². The molecule has 0 aromatic heterocycles. The van der Waals surface area contributed by atoms with Gasteiger partial charge in [0.25, 0.3) is 0 Å². The first-order chi connectivity index (χ1) is 6.15. The van der Waals surface area contributed by atoms with Crippen LogP contribution in [0.4, 0.5) is 0 Å². The van der Waals surface area contributed by atoms with Crippen LogP contribution in [0.5, 0.6) is 0 Å². The number of nitrogens with zero attached hydrogens (tertiary/aromatic N) is 1.